The van der Waals surface area contributed by atoms with Gasteiger partial charge in [-0.15, -0.1) is 0 Å². The number of hydrogen-bond acceptors (Lipinski definition) is 1. The van der Waals surface area contributed by atoms with Gasteiger partial charge in [0.15, 0.2) is 0 Å². The van der Waals surface area contributed by atoms with E-state index in [9.17, 15) is 5.11 Å². The van der Waals surface area contributed by atoms with E-state index in [0.717, 1.165) is 33.7 Å². The molecule has 0 aliphatic carbocycles. The molecule has 0 saturated heterocycles. The lowest BCUT2D eigenvalue weighted by atomic mass is 9.90. The Hall–Kier alpha value is -2.58. The van der Waals surface area contributed by atoms with Crippen molar-refractivity contribution in [1.29, 1.82) is 0 Å². The first kappa shape index (κ1) is 16.9. The summed E-state index contributed by atoms with van der Waals surface area (Å²) in [6, 6.07) is 29.0. The smallest absolute Gasteiger partial charge is 0.137 e. The Bertz CT molecular complexity index is 1040. The van der Waals surface area contributed by atoms with Crippen molar-refractivity contribution in [2.24, 2.45) is 0 Å². The molecule has 1 N–H and O–H groups in total. The van der Waals surface area contributed by atoms with Gasteiger partial charge >= 0.3 is 0 Å². The summed E-state index contributed by atoms with van der Waals surface area (Å²) in [6.07, 6.45) is 1.62. The number of phenols is 1. The van der Waals surface area contributed by atoms with Crippen molar-refractivity contribution in [2.45, 2.75) is 12.8 Å². The summed E-state index contributed by atoms with van der Waals surface area (Å²) in [5.74, 6) is 0.323. The van der Waals surface area contributed by atoms with Gasteiger partial charge < -0.3 is 5.11 Å². The number of fused-ring (bicyclic) bond motifs is 1. The lowest BCUT2D eigenvalue weighted by Gasteiger charge is -2.18. The minimum Gasteiger partial charge on any atom is -0.506 e. The van der Waals surface area contributed by atoms with Crippen molar-refractivity contribution < 1.29 is 5.11 Å². The second kappa shape index (κ2) is 7.35. The molecule has 0 fully saturated rings. The van der Waals surface area contributed by atoms with Gasteiger partial charge in [0, 0.05) is 5.39 Å². The van der Waals surface area contributed by atoms with Gasteiger partial charge in [0.2, 0.25) is 0 Å². The van der Waals surface area contributed by atoms with Crippen LogP contribution in [0.2, 0.25) is 0 Å². The second-order valence-corrected chi connectivity index (χ2v) is 7.28. The Kier molecular flexibility index (Phi) is 4.77. The third-order valence-electron chi connectivity index (χ3n) is 4.79. The van der Waals surface area contributed by atoms with Crippen LogP contribution in [-0.4, -0.2) is 5.11 Å². The molecule has 2 heteroatoms. The van der Waals surface area contributed by atoms with Crippen molar-refractivity contribution >= 4 is 26.7 Å². The maximum absolute atomic E-state index is 10.8. The minimum atomic E-state index is 0.323. The number of benzene rings is 4. The molecule has 0 atom stereocenters. The van der Waals surface area contributed by atoms with Crippen molar-refractivity contribution in [3.63, 3.8) is 0 Å². The quantitative estimate of drug-likeness (QED) is 0.413. The van der Waals surface area contributed by atoms with E-state index in [-0.39, 0.29) is 0 Å². The molecular formula is C24H19BrO. The Morgan fingerprint density at radius 1 is 0.577 bits per heavy atom. The summed E-state index contributed by atoms with van der Waals surface area (Å²) >= 11 is 3.67. The number of phenolic OH excluding ortho intramolecular Hbond substituents is 1. The van der Waals surface area contributed by atoms with Crippen LogP contribution < -0.4 is 0 Å². The summed E-state index contributed by atoms with van der Waals surface area (Å²) in [6.45, 7) is 0. The molecule has 0 aromatic heterocycles. The highest BCUT2D eigenvalue weighted by atomic mass is 79.9. The third-order valence-corrected chi connectivity index (χ3v) is 5.65. The lowest BCUT2D eigenvalue weighted by Crippen LogP contribution is -2.01. The summed E-state index contributed by atoms with van der Waals surface area (Å²) in [5.41, 5.74) is 4.92. The topological polar surface area (TPSA) is 20.2 Å². The minimum absolute atomic E-state index is 0.323. The maximum atomic E-state index is 10.8. The van der Waals surface area contributed by atoms with E-state index < -0.39 is 0 Å². The first-order chi connectivity index (χ1) is 12.7. The van der Waals surface area contributed by atoms with Crippen LogP contribution >= 0.6 is 15.9 Å². The molecule has 0 bridgehead atoms. The molecule has 0 saturated carbocycles. The molecule has 4 aromatic carbocycles. The van der Waals surface area contributed by atoms with Gasteiger partial charge in [-0.05, 0) is 56.4 Å². The molecule has 0 aliphatic rings. The van der Waals surface area contributed by atoms with Gasteiger partial charge in [-0.3, -0.25) is 0 Å². The first-order valence-corrected chi connectivity index (χ1v) is 9.52. The number of halogens is 1. The largest absolute Gasteiger partial charge is 0.506 e. The average Bonchev–Trinajstić information content (AvgIpc) is 2.70. The predicted octanol–water partition coefficient (Wildman–Crippen LogP) is 6.49. The number of hydrogen-bond donors (Lipinski definition) is 1. The fraction of sp³-hybridized carbons (Fsp3) is 0.0833. The summed E-state index contributed by atoms with van der Waals surface area (Å²) in [5, 5.41) is 12.8. The van der Waals surface area contributed by atoms with E-state index in [4.69, 9.17) is 0 Å². The van der Waals surface area contributed by atoms with Gasteiger partial charge in [-0.1, -0.05) is 84.9 Å². The van der Waals surface area contributed by atoms with Crippen LogP contribution in [0, 0.1) is 0 Å². The van der Waals surface area contributed by atoms with Crippen LogP contribution in [0.1, 0.15) is 22.3 Å². The second-order valence-electron chi connectivity index (χ2n) is 6.49. The van der Waals surface area contributed by atoms with Crippen LogP contribution in [0.3, 0.4) is 0 Å². The van der Waals surface area contributed by atoms with E-state index in [1.54, 1.807) is 0 Å². The number of rotatable bonds is 4. The standard InChI is InChI=1S/C24H19BrO/c25-23-22(16-18-11-5-2-6-12-18)21(15-17-9-3-1-4-10-17)19-13-7-8-14-20(19)24(23)26/h1-14,26H,15-16H2. The molecule has 0 aliphatic heterocycles. The Morgan fingerprint density at radius 3 is 1.62 bits per heavy atom. The van der Waals surface area contributed by atoms with Gasteiger partial charge in [0.25, 0.3) is 0 Å². The molecule has 1 nitrogen and oxygen atoms in total. The van der Waals surface area contributed by atoms with Crippen LogP contribution in [0.4, 0.5) is 0 Å². The Labute approximate surface area is 162 Å². The highest BCUT2D eigenvalue weighted by Crippen LogP contribution is 2.40. The molecule has 0 unspecified atom stereocenters. The molecule has 0 heterocycles. The Balaban J connectivity index is 1.93. The summed E-state index contributed by atoms with van der Waals surface area (Å²) in [7, 11) is 0. The SMILES string of the molecule is Oc1c(Br)c(Cc2ccccc2)c(Cc2ccccc2)c2ccccc12. The maximum Gasteiger partial charge on any atom is 0.137 e. The van der Waals surface area contributed by atoms with Crippen LogP contribution in [0.5, 0.6) is 5.75 Å². The third kappa shape index (κ3) is 3.25. The molecular weight excluding hydrogens is 384 g/mol. The highest BCUT2D eigenvalue weighted by Gasteiger charge is 2.18. The fourth-order valence-electron chi connectivity index (χ4n) is 3.50. The summed E-state index contributed by atoms with van der Waals surface area (Å²) in [4.78, 5) is 0. The van der Waals surface area contributed by atoms with Crippen molar-refractivity contribution in [3.8, 4) is 5.75 Å². The molecule has 4 rings (SSSR count). The average molecular weight is 403 g/mol. The van der Waals surface area contributed by atoms with E-state index in [0.29, 0.717) is 5.75 Å². The van der Waals surface area contributed by atoms with Crippen LogP contribution in [0.15, 0.2) is 89.4 Å². The molecule has 4 aromatic rings. The normalized spacial score (nSPS) is 11.0. The lowest BCUT2D eigenvalue weighted by molar-refractivity contribution is 0.477. The molecule has 0 spiro atoms. The molecule has 0 amide bonds. The van der Waals surface area contributed by atoms with Gasteiger partial charge in [0.05, 0.1) is 4.47 Å². The van der Waals surface area contributed by atoms with Gasteiger partial charge in [-0.25, -0.2) is 0 Å². The predicted molar refractivity (Wildman–Crippen MR) is 112 cm³/mol. The van der Waals surface area contributed by atoms with Crippen LogP contribution in [-0.2, 0) is 12.8 Å². The number of aromatic hydroxyl groups is 1. The van der Waals surface area contributed by atoms with Gasteiger partial charge in [0.1, 0.15) is 5.75 Å². The van der Waals surface area contributed by atoms with E-state index in [1.807, 2.05) is 30.3 Å². The van der Waals surface area contributed by atoms with Crippen molar-refractivity contribution in [3.05, 3.63) is 112 Å². The van der Waals surface area contributed by atoms with E-state index in [2.05, 4.69) is 70.5 Å². The first-order valence-electron chi connectivity index (χ1n) is 8.73. The Morgan fingerprint density at radius 2 is 1.04 bits per heavy atom. The molecule has 128 valence electrons. The molecule has 0 radical (unpaired) electrons. The fourth-order valence-corrected chi connectivity index (χ4v) is 4.09. The monoisotopic (exact) mass is 402 g/mol. The van der Waals surface area contributed by atoms with E-state index in [1.165, 1.54) is 16.7 Å². The van der Waals surface area contributed by atoms with Crippen molar-refractivity contribution in [1.82, 2.24) is 0 Å². The zero-order valence-corrected chi connectivity index (χ0v) is 15.9. The zero-order valence-electron chi connectivity index (χ0n) is 14.3. The van der Waals surface area contributed by atoms with Crippen molar-refractivity contribution in [2.75, 3.05) is 0 Å². The van der Waals surface area contributed by atoms with Crippen LogP contribution in [0.25, 0.3) is 10.8 Å². The highest BCUT2D eigenvalue weighted by molar-refractivity contribution is 9.10. The molecule has 26 heavy (non-hydrogen) atoms. The van der Waals surface area contributed by atoms with Gasteiger partial charge in [-0.2, -0.15) is 0 Å². The summed E-state index contributed by atoms with van der Waals surface area (Å²) < 4.78 is 0.797. The zero-order chi connectivity index (χ0) is 17.9. The van der Waals surface area contributed by atoms with E-state index >= 15 is 0 Å².